The van der Waals surface area contributed by atoms with Crippen molar-refractivity contribution in [2.45, 2.75) is 4.90 Å². The quantitative estimate of drug-likeness (QED) is 0.0790. The first-order valence-electron chi connectivity index (χ1n) is 19.1. The maximum Gasteiger partial charge on any atom is 0.261 e. The number of methoxy groups -OCH3 is 1. The Balaban J connectivity index is 0.000000169. The van der Waals surface area contributed by atoms with Crippen LogP contribution in [0.3, 0.4) is 0 Å². The van der Waals surface area contributed by atoms with Crippen LogP contribution in [0.2, 0.25) is 15.1 Å². The third-order valence-electron chi connectivity index (χ3n) is 9.72. The fourth-order valence-electron chi connectivity index (χ4n) is 6.49. The highest BCUT2D eigenvalue weighted by Gasteiger charge is 2.17. The highest BCUT2D eigenvalue weighted by molar-refractivity contribution is 7.92. The number of imidazole rings is 2. The summed E-state index contributed by atoms with van der Waals surface area (Å²) in [5.41, 5.74) is 7.30. The van der Waals surface area contributed by atoms with Gasteiger partial charge in [-0.25, -0.2) is 28.4 Å². The van der Waals surface area contributed by atoms with Crippen molar-refractivity contribution in [2.24, 2.45) is 0 Å². The molecule has 5 heterocycles. The van der Waals surface area contributed by atoms with Gasteiger partial charge >= 0.3 is 0 Å². The first-order chi connectivity index (χ1) is 29.6. The van der Waals surface area contributed by atoms with E-state index in [1.807, 2.05) is 30.3 Å². The number of anilines is 4. The zero-order valence-corrected chi connectivity index (χ0v) is 35.7. The minimum absolute atomic E-state index is 0.136. The predicted molar refractivity (Wildman–Crippen MR) is 243 cm³/mol. The Hall–Kier alpha value is -5.94. The Bertz CT molecular complexity index is 2860. The highest BCUT2D eigenvalue weighted by Crippen LogP contribution is 2.34. The normalized spacial score (nSPS) is 13.1. The second-order valence-corrected chi connectivity index (χ2v) is 16.7. The molecule has 1 aliphatic heterocycles. The predicted octanol–water partition coefficient (Wildman–Crippen LogP) is 9.51. The zero-order valence-electron chi connectivity index (χ0n) is 32.6. The second-order valence-electron chi connectivity index (χ2n) is 13.8. The Labute approximate surface area is 366 Å². The Kier molecular flexibility index (Phi) is 12.9. The lowest BCUT2D eigenvalue weighted by Crippen LogP contribution is -2.38. The number of benzene rings is 4. The molecule has 0 aliphatic carbocycles. The van der Waals surface area contributed by atoms with Crippen LogP contribution in [0, 0.1) is 0 Å². The summed E-state index contributed by atoms with van der Waals surface area (Å²) in [5.74, 6) is 1.88. The lowest BCUT2D eigenvalue weighted by atomic mass is 10.2. The topological polar surface area (TPSA) is 175 Å². The fourth-order valence-corrected chi connectivity index (χ4v) is 8.06. The number of rotatable bonds is 12. The van der Waals surface area contributed by atoms with Gasteiger partial charge in [0, 0.05) is 60.6 Å². The third kappa shape index (κ3) is 10.00. The maximum absolute atomic E-state index is 12.5. The number of morpholine rings is 1. The van der Waals surface area contributed by atoms with Gasteiger partial charge in [-0.3, -0.25) is 9.62 Å². The van der Waals surface area contributed by atoms with E-state index >= 15 is 0 Å². The molecule has 312 valence electrons. The van der Waals surface area contributed by atoms with Crippen LogP contribution in [0.4, 0.5) is 22.7 Å². The molecule has 0 unspecified atom stereocenters. The Morgan fingerprint density at radius 3 is 2.10 bits per heavy atom. The van der Waals surface area contributed by atoms with E-state index in [1.54, 1.807) is 42.6 Å². The van der Waals surface area contributed by atoms with E-state index in [9.17, 15) is 8.42 Å². The highest BCUT2D eigenvalue weighted by atomic mass is 35.5. The van der Waals surface area contributed by atoms with Gasteiger partial charge in [0.25, 0.3) is 10.0 Å². The van der Waals surface area contributed by atoms with Crippen LogP contribution >= 0.6 is 34.8 Å². The Morgan fingerprint density at radius 2 is 1.41 bits per heavy atom. The first-order valence-corrected chi connectivity index (χ1v) is 21.7. The van der Waals surface area contributed by atoms with Gasteiger partial charge in [-0.15, -0.1) is 0 Å². The number of halogens is 3. The van der Waals surface area contributed by atoms with Crippen molar-refractivity contribution >= 4 is 89.9 Å². The molecule has 0 saturated carbocycles. The van der Waals surface area contributed by atoms with Gasteiger partial charge < -0.3 is 30.1 Å². The summed E-state index contributed by atoms with van der Waals surface area (Å²) in [5, 5.41) is 8.06. The number of hydrogen-bond acceptors (Lipinski definition) is 11. The standard InChI is InChI=1S/C24H25ClN6O.C19H14Cl2N4O3S/c25-20-16-27-24-22(21(20)28-19-4-2-1-3-5-19)29-23(30-24)17-6-8-18(9-7-17)26-10-11-31-12-14-32-15-13-31;1-28-13-6-8-14(9-7-13)29(26,27)25-12-4-2-11(3-5-12)18-23-17-16(21)15(20)10-22-19(17)24-18/h1-9,16,26H,10-15H2,(H2,27,28,29,30);2-10,25H,1H3,(H,22,23,24). The molecule has 1 fully saturated rings. The molecular weight excluding hydrogens is 859 g/mol. The summed E-state index contributed by atoms with van der Waals surface area (Å²) in [6.07, 6.45) is 3.08. The van der Waals surface area contributed by atoms with Crippen molar-refractivity contribution in [1.82, 2.24) is 34.8 Å². The lowest BCUT2D eigenvalue weighted by molar-refractivity contribution is 0.0398. The molecule has 4 aromatic carbocycles. The maximum atomic E-state index is 12.5. The lowest BCUT2D eigenvalue weighted by Gasteiger charge is -2.26. The number of pyridine rings is 2. The van der Waals surface area contributed by atoms with E-state index in [0.717, 1.165) is 73.4 Å². The van der Waals surface area contributed by atoms with Crippen LogP contribution in [0.25, 0.3) is 45.1 Å². The summed E-state index contributed by atoms with van der Waals surface area (Å²) in [7, 11) is -2.20. The van der Waals surface area contributed by atoms with Crippen LogP contribution in [-0.2, 0) is 14.8 Å². The average molecular weight is 898 g/mol. The smallest absolute Gasteiger partial charge is 0.261 e. The second kappa shape index (κ2) is 18.8. The van der Waals surface area contributed by atoms with Crippen molar-refractivity contribution in [2.75, 3.05) is 61.9 Å². The molecule has 4 aromatic heterocycles. The molecular formula is C43H39Cl3N10O4S. The summed E-state index contributed by atoms with van der Waals surface area (Å²) >= 11 is 18.6. The van der Waals surface area contributed by atoms with Gasteiger partial charge in [0.2, 0.25) is 0 Å². The molecule has 8 aromatic rings. The number of sulfonamides is 1. The number of nitrogens with zero attached hydrogens (tertiary/aromatic N) is 5. The number of H-pyrrole nitrogens is 2. The van der Waals surface area contributed by atoms with Crippen molar-refractivity contribution in [3.05, 3.63) is 131 Å². The molecule has 9 rings (SSSR count). The van der Waals surface area contributed by atoms with Gasteiger partial charge in [0.1, 0.15) is 28.4 Å². The number of hydrogen-bond donors (Lipinski definition) is 5. The van der Waals surface area contributed by atoms with E-state index in [1.165, 1.54) is 25.4 Å². The van der Waals surface area contributed by atoms with E-state index in [2.05, 4.69) is 69.4 Å². The van der Waals surface area contributed by atoms with Gasteiger partial charge in [-0.2, -0.15) is 0 Å². The van der Waals surface area contributed by atoms with Crippen molar-refractivity contribution in [3.8, 4) is 28.5 Å². The largest absolute Gasteiger partial charge is 0.497 e. The van der Waals surface area contributed by atoms with Gasteiger partial charge in [0.05, 0.1) is 52.2 Å². The SMILES string of the molecule is COc1ccc(S(=O)(=O)Nc2ccc(-c3nc4ncc(Cl)c(Cl)c4[nH]3)cc2)cc1.Clc1cnc2[nH]c(-c3ccc(NCCN4CCOCC4)cc3)nc2c1Nc1ccccc1. The molecule has 0 bridgehead atoms. The molecule has 0 atom stereocenters. The number of aromatic nitrogens is 6. The van der Waals surface area contributed by atoms with Gasteiger partial charge in [0.15, 0.2) is 11.3 Å². The zero-order chi connectivity index (χ0) is 42.3. The molecule has 0 amide bonds. The Morgan fingerprint density at radius 1 is 0.754 bits per heavy atom. The van der Waals surface area contributed by atoms with Crippen molar-refractivity contribution in [1.29, 1.82) is 0 Å². The van der Waals surface area contributed by atoms with E-state index in [4.69, 9.17) is 49.3 Å². The summed E-state index contributed by atoms with van der Waals surface area (Å²) in [4.78, 5) is 26.7. The molecule has 18 heteroatoms. The number of nitrogens with one attached hydrogen (secondary N) is 5. The van der Waals surface area contributed by atoms with E-state index in [0.29, 0.717) is 54.7 Å². The van der Waals surface area contributed by atoms with E-state index < -0.39 is 10.0 Å². The molecule has 1 aliphatic rings. The molecule has 0 spiro atoms. The third-order valence-corrected chi connectivity index (χ3v) is 12.2. The van der Waals surface area contributed by atoms with Crippen LogP contribution in [0.1, 0.15) is 0 Å². The number of ether oxygens (including phenoxy) is 2. The average Bonchev–Trinajstić information content (AvgIpc) is 3.93. The fraction of sp³-hybridized carbons (Fsp3) is 0.163. The number of fused-ring (bicyclic) bond motifs is 2. The summed E-state index contributed by atoms with van der Waals surface area (Å²) in [6.45, 7) is 5.58. The van der Waals surface area contributed by atoms with Crippen LogP contribution < -0.4 is 20.1 Å². The monoisotopic (exact) mass is 896 g/mol. The van der Waals surface area contributed by atoms with Crippen molar-refractivity contribution in [3.63, 3.8) is 0 Å². The van der Waals surface area contributed by atoms with Crippen LogP contribution in [0.5, 0.6) is 5.75 Å². The molecule has 5 N–H and O–H groups in total. The summed E-state index contributed by atoms with van der Waals surface area (Å²) in [6, 6.07) is 31.0. The molecule has 1 saturated heterocycles. The van der Waals surface area contributed by atoms with Gasteiger partial charge in [-0.1, -0.05) is 53.0 Å². The van der Waals surface area contributed by atoms with Crippen molar-refractivity contribution < 1.29 is 17.9 Å². The number of aromatic amines is 2. The minimum Gasteiger partial charge on any atom is -0.497 e. The number of para-hydroxylation sites is 1. The molecule has 0 radical (unpaired) electrons. The van der Waals surface area contributed by atoms with Gasteiger partial charge in [-0.05, 0) is 84.9 Å². The minimum atomic E-state index is -3.72. The molecule has 14 nitrogen and oxygen atoms in total. The summed E-state index contributed by atoms with van der Waals surface area (Å²) < 4.78 is 38.1. The van der Waals surface area contributed by atoms with Crippen LogP contribution in [0.15, 0.2) is 120 Å². The van der Waals surface area contributed by atoms with Crippen LogP contribution in [-0.4, -0.2) is 89.7 Å². The first kappa shape index (κ1) is 41.8. The molecule has 61 heavy (non-hydrogen) atoms. The van der Waals surface area contributed by atoms with E-state index in [-0.39, 0.29) is 4.90 Å².